The molecule has 4 N–H and O–H groups in total. The number of unbranched alkanes of at least 4 members (excludes halogenated alkanes) is 10. The summed E-state index contributed by atoms with van der Waals surface area (Å²) in [4.78, 5) is 25.3. The van der Waals surface area contributed by atoms with Crippen LogP contribution in [0, 0.1) is 0 Å². The average Bonchev–Trinajstić information content (AvgIpc) is 3.18. The maximum Gasteiger partial charge on any atom is 0.306 e. The first kappa shape index (κ1) is 52.8. The summed E-state index contributed by atoms with van der Waals surface area (Å²) in [5.41, 5.74) is 0. The molecule has 0 amide bonds. The minimum atomic E-state index is -4.61. The van der Waals surface area contributed by atoms with Crippen molar-refractivity contribution >= 4 is 22.1 Å². The summed E-state index contributed by atoms with van der Waals surface area (Å²) in [6.07, 6.45) is 34.8. The monoisotopic (exact) mass is 836 g/mol. The second-order valence-corrected chi connectivity index (χ2v) is 15.8. The standard InChI is InChI=1S/C45H72O12S/c1-3-5-7-9-11-13-15-17-19-21-23-25-27-29-31-33-40(46)54-35-38(36-55-45-44(50)43(49)42(48)39(57-45)37-58(51,52)53)56-41(47)34-32-30-28-26-24-22-20-18-16-14-12-10-8-6-4-2/h5-8,10-14,16-20,38-39,42-45,48-50H,3-4,9,15,21-37H2,1-2H3,(H,51,52,53)/b7-5+,8-6+,12-10+,13-11+,16-14+,19-17+,20-18+/t38-,39-,42-,43?,44?,45+/m1/s1. The molecule has 0 aromatic heterocycles. The molecule has 0 aromatic rings. The van der Waals surface area contributed by atoms with Crippen LogP contribution in [-0.2, 0) is 38.7 Å². The SMILES string of the molecule is CC/C=C/C=C/C=C/C=C/CCCCCCCC(=O)O[C@H](COC(=O)CCCCCCC/C=C/C/C=C/C/C=C/CC)CO[C@H]1O[C@H](CS(=O)(=O)O)[C@@H](O)C(O)C1O. The van der Waals surface area contributed by atoms with Gasteiger partial charge in [-0.05, 0) is 64.2 Å². The van der Waals surface area contributed by atoms with Crippen molar-refractivity contribution in [1.29, 1.82) is 0 Å². The first-order valence-electron chi connectivity index (χ1n) is 21.2. The third-order valence-corrected chi connectivity index (χ3v) is 9.81. The Morgan fingerprint density at radius 1 is 0.603 bits per heavy atom. The van der Waals surface area contributed by atoms with Crippen molar-refractivity contribution in [3.8, 4) is 0 Å². The van der Waals surface area contributed by atoms with E-state index in [9.17, 15) is 37.9 Å². The van der Waals surface area contributed by atoms with Crippen molar-refractivity contribution in [2.75, 3.05) is 19.0 Å². The highest BCUT2D eigenvalue weighted by molar-refractivity contribution is 7.85. The van der Waals surface area contributed by atoms with E-state index in [1.54, 1.807) is 0 Å². The van der Waals surface area contributed by atoms with Gasteiger partial charge in [-0.1, -0.05) is 137 Å². The smallest absolute Gasteiger partial charge is 0.306 e. The van der Waals surface area contributed by atoms with Gasteiger partial charge in [-0.2, -0.15) is 8.42 Å². The van der Waals surface area contributed by atoms with Crippen LogP contribution < -0.4 is 0 Å². The lowest BCUT2D eigenvalue weighted by molar-refractivity contribution is -0.297. The summed E-state index contributed by atoms with van der Waals surface area (Å²) < 4.78 is 53.9. The minimum absolute atomic E-state index is 0.129. The van der Waals surface area contributed by atoms with E-state index in [0.717, 1.165) is 89.9 Å². The fraction of sp³-hybridized carbons (Fsp3) is 0.644. The maximum absolute atomic E-state index is 12.8. The van der Waals surface area contributed by atoms with Crippen LogP contribution in [-0.4, -0.2) is 96.0 Å². The number of carbonyl (C=O) groups excluding carboxylic acids is 2. The van der Waals surface area contributed by atoms with Gasteiger partial charge in [0.15, 0.2) is 12.4 Å². The van der Waals surface area contributed by atoms with E-state index in [4.69, 9.17) is 18.9 Å². The zero-order valence-corrected chi connectivity index (χ0v) is 35.7. The lowest BCUT2D eigenvalue weighted by atomic mass is 10.00. The van der Waals surface area contributed by atoms with Crippen LogP contribution in [0.1, 0.15) is 129 Å². The van der Waals surface area contributed by atoms with Gasteiger partial charge in [0.25, 0.3) is 10.1 Å². The topological polar surface area (TPSA) is 186 Å². The molecule has 1 aliphatic heterocycles. The predicted molar refractivity (Wildman–Crippen MR) is 228 cm³/mol. The summed E-state index contributed by atoms with van der Waals surface area (Å²) in [6.45, 7) is 3.45. The van der Waals surface area contributed by atoms with E-state index < -0.39 is 71.2 Å². The van der Waals surface area contributed by atoms with Gasteiger partial charge in [0.05, 0.1) is 6.61 Å². The highest BCUT2D eigenvalue weighted by Gasteiger charge is 2.46. The van der Waals surface area contributed by atoms with Crippen LogP contribution in [0.25, 0.3) is 0 Å². The van der Waals surface area contributed by atoms with Crippen LogP contribution in [0.2, 0.25) is 0 Å². The third kappa shape index (κ3) is 29.1. The highest BCUT2D eigenvalue weighted by atomic mass is 32.2. The predicted octanol–water partition coefficient (Wildman–Crippen LogP) is 8.11. The Labute approximate surface area is 348 Å². The van der Waals surface area contributed by atoms with E-state index in [2.05, 4.69) is 62.5 Å². The molecule has 0 spiro atoms. The Balaban J connectivity index is 2.52. The molecule has 0 aromatic carbocycles. The number of hydrogen-bond donors (Lipinski definition) is 4. The van der Waals surface area contributed by atoms with Crippen LogP contribution in [0.5, 0.6) is 0 Å². The highest BCUT2D eigenvalue weighted by Crippen LogP contribution is 2.24. The van der Waals surface area contributed by atoms with Gasteiger partial charge in [-0.15, -0.1) is 0 Å². The van der Waals surface area contributed by atoms with E-state index in [1.807, 2.05) is 36.5 Å². The van der Waals surface area contributed by atoms with Gasteiger partial charge in [0.2, 0.25) is 0 Å². The number of allylic oxidation sites excluding steroid dienone is 14. The van der Waals surface area contributed by atoms with Crippen molar-refractivity contribution in [3.63, 3.8) is 0 Å². The quantitative estimate of drug-likeness (QED) is 0.0164. The molecule has 12 nitrogen and oxygen atoms in total. The zero-order chi connectivity index (χ0) is 42.7. The summed E-state index contributed by atoms with van der Waals surface area (Å²) in [5.74, 6) is -2.05. The van der Waals surface area contributed by atoms with Crippen molar-refractivity contribution in [3.05, 3.63) is 85.1 Å². The molecule has 0 radical (unpaired) electrons. The number of carbonyl (C=O) groups is 2. The van der Waals surface area contributed by atoms with E-state index >= 15 is 0 Å². The molecule has 1 fully saturated rings. The number of esters is 2. The Bertz CT molecular complexity index is 1400. The van der Waals surface area contributed by atoms with Crippen molar-refractivity contribution in [1.82, 2.24) is 0 Å². The lowest BCUT2D eigenvalue weighted by Crippen LogP contribution is -2.60. The van der Waals surface area contributed by atoms with Crippen molar-refractivity contribution in [2.45, 2.75) is 166 Å². The fourth-order valence-electron chi connectivity index (χ4n) is 5.82. The van der Waals surface area contributed by atoms with Gasteiger partial charge >= 0.3 is 11.9 Å². The summed E-state index contributed by atoms with van der Waals surface area (Å²) in [5, 5.41) is 30.8. The summed E-state index contributed by atoms with van der Waals surface area (Å²) >= 11 is 0. The Morgan fingerprint density at radius 3 is 1.74 bits per heavy atom. The first-order valence-corrected chi connectivity index (χ1v) is 22.8. The molecule has 2 unspecified atom stereocenters. The number of aliphatic hydroxyl groups excluding tert-OH is 3. The summed E-state index contributed by atoms with van der Waals surface area (Å²) in [7, 11) is -4.61. The van der Waals surface area contributed by atoms with Gasteiger partial charge in [0.1, 0.15) is 36.8 Å². The molecule has 1 rings (SSSR count). The van der Waals surface area contributed by atoms with Crippen molar-refractivity contribution < 1.29 is 56.8 Å². The number of hydrogen-bond acceptors (Lipinski definition) is 11. The fourth-order valence-corrected chi connectivity index (χ4v) is 6.51. The number of ether oxygens (including phenoxy) is 4. The second-order valence-electron chi connectivity index (χ2n) is 14.3. The van der Waals surface area contributed by atoms with Gasteiger partial charge in [-0.3, -0.25) is 14.1 Å². The van der Waals surface area contributed by atoms with Crippen LogP contribution in [0.15, 0.2) is 85.1 Å². The molecule has 330 valence electrons. The molecule has 0 saturated carbocycles. The van der Waals surface area contributed by atoms with E-state index in [1.165, 1.54) is 0 Å². The number of aliphatic hydroxyl groups is 3. The second kappa shape index (κ2) is 34.7. The lowest BCUT2D eigenvalue weighted by Gasteiger charge is -2.40. The molecule has 6 atom stereocenters. The molecular formula is C45H72O12S. The minimum Gasteiger partial charge on any atom is -0.462 e. The summed E-state index contributed by atoms with van der Waals surface area (Å²) in [6, 6.07) is 0. The number of rotatable bonds is 33. The molecule has 1 aliphatic rings. The van der Waals surface area contributed by atoms with Gasteiger partial charge in [0, 0.05) is 12.8 Å². The largest absolute Gasteiger partial charge is 0.462 e. The van der Waals surface area contributed by atoms with Gasteiger partial charge < -0.3 is 34.3 Å². The average molecular weight is 837 g/mol. The van der Waals surface area contributed by atoms with E-state index in [0.29, 0.717) is 12.8 Å². The van der Waals surface area contributed by atoms with Crippen molar-refractivity contribution in [2.24, 2.45) is 0 Å². The third-order valence-electron chi connectivity index (χ3n) is 9.06. The molecule has 1 heterocycles. The molecule has 58 heavy (non-hydrogen) atoms. The molecule has 0 bridgehead atoms. The maximum atomic E-state index is 12.8. The molecule has 13 heteroatoms. The first-order chi connectivity index (χ1) is 28.0. The van der Waals surface area contributed by atoms with E-state index in [-0.39, 0.29) is 19.4 Å². The Kier molecular flexibility index (Phi) is 31.6. The Hall–Kier alpha value is -3.17. The zero-order valence-electron chi connectivity index (χ0n) is 34.9. The van der Waals surface area contributed by atoms with Gasteiger partial charge in [-0.25, -0.2) is 0 Å². The Morgan fingerprint density at radius 2 is 1.12 bits per heavy atom. The molecular weight excluding hydrogens is 765 g/mol. The molecule has 1 saturated heterocycles. The van der Waals surface area contributed by atoms with Crippen LogP contribution in [0.3, 0.4) is 0 Å². The normalized spacial score (nSPS) is 21.2. The van der Waals surface area contributed by atoms with Crippen LogP contribution in [0.4, 0.5) is 0 Å². The van der Waals surface area contributed by atoms with Crippen LogP contribution >= 0.6 is 0 Å². The molecule has 0 aliphatic carbocycles.